The molecule has 1 aromatic rings. The molecular weight excluding hydrogens is 304 g/mol. The Morgan fingerprint density at radius 2 is 2.05 bits per heavy atom. The predicted molar refractivity (Wildman–Crippen MR) is 80.3 cm³/mol. The fourth-order valence-electron chi connectivity index (χ4n) is 3.43. The van der Waals surface area contributed by atoms with Crippen LogP contribution in [0.4, 0.5) is 0 Å². The monoisotopic (exact) mass is 324 g/mol. The zero-order valence-electron chi connectivity index (χ0n) is 11.3. The third-order valence-electron chi connectivity index (χ3n) is 4.65. The third kappa shape index (κ3) is 2.81. The predicted octanol–water partition coefficient (Wildman–Crippen LogP) is 2.82. The van der Waals surface area contributed by atoms with E-state index in [1.807, 2.05) is 12.1 Å². The zero-order chi connectivity index (χ0) is 13.4. The maximum Gasteiger partial charge on any atom is 0.129 e. The van der Waals surface area contributed by atoms with Gasteiger partial charge in [0.05, 0.1) is 4.47 Å². The molecule has 0 saturated carbocycles. The molecule has 0 aromatic heterocycles. The highest BCUT2D eigenvalue weighted by Crippen LogP contribution is 2.30. The number of phenols is 1. The van der Waals surface area contributed by atoms with Gasteiger partial charge in [0, 0.05) is 31.7 Å². The van der Waals surface area contributed by atoms with E-state index in [0.717, 1.165) is 23.1 Å². The van der Waals surface area contributed by atoms with E-state index in [1.165, 1.54) is 37.9 Å². The van der Waals surface area contributed by atoms with Crippen molar-refractivity contribution in [2.75, 3.05) is 20.1 Å². The summed E-state index contributed by atoms with van der Waals surface area (Å²) in [6, 6.07) is 7.35. The number of benzene rings is 1. The van der Waals surface area contributed by atoms with E-state index in [1.54, 1.807) is 6.07 Å². The van der Waals surface area contributed by atoms with Crippen molar-refractivity contribution in [3.8, 4) is 5.75 Å². The van der Waals surface area contributed by atoms with Gasteiger partial charge in [-0.2, -0.15) is 0 Å². The van der Waals surface area contributed by atoms with Crippen LogP contribution in [0, 0.1) is 0 Å². The lowest BCUT2D eigenvalue weighted by Gasteiger charge is -2.25. The molecule has 2 atom stereocenters. The largest absolute Gasteiger partial charge is 0.507 e. The number of aromatic hydroxyl groups is 1. The van der Waals surface area contributed by atoms with Gasteiger partial charge in [0.15, 0.2) is 0 Å². The van der Waals surface area contributed by atoms with Crippen LogP contribution in [0.1, 0.15) is 24.8 Å². The Morgan fingerprint density at radius 3 is 2.84 bits per heavy atom. The van der Waals surface area contributed by atoms with Gasteiger partial charge >= 0.3 is 0 Å². The van der Waals surface area contributed by atoms with Crippen LogP contribution in [0.5, 0.6) is 5.75 Å². The maximum absolute atomic E-state index is 9.55. The first-order chi connectivity index (χ1) is 9.13. The summed E-state index contributed by atoms with van der Waals surface area (Å²) in [6.45, 7) is 3.34. The molecule has 104 valence electrons. The number of halogens is 1. The fourth-order valence-corrected chi connectivity index (χ4v) is 3.86. The number of likely N-dealkylation sites (N-methyl/N-ethyl adjacent to an activating group) is 1. The van der Waals surface area contributed by atoms with Gasteiger partial charge in [0.25, 0.3) is 0 Å². The molecule has 1 aromatic carbocycles. The molecule has 2 saturated heterocycles. The molecule has 0 amide bonds. The quantitative estimate of drug-likeness (QED) is 0.906. The number of nitrogens with zero attached hydrogens (tertiary/aromatic N) is 2. The Balaban J connectivity index is 1.68. The number of rotatable bonds is 2. The lowest BCUT2D eigenvalue weighted by Crippen LogP contribution is -2.36. The molecule has 2 aliphatic rings. The van der Waals surface area contributed by atoms with Gasteiger partial charge in [-0.1, -0.05) is 6.07 Å². The van der Waals surface area contributed by atoms with Gasteiger partial charge in [0.1, 0.15) is 5.75 Å². The Hall–Kier alpha value is -0.580. The van der Waals surface area contributed by atoms with Crippen molar-refractivity contribution in [1.82, 2.24) is 9.80 Å². The van der Waals surface area contributed by atoms with E-state index in [4.69, 9.17) is 0 Å². The van der Waals surface area contributed by atoms with Crippen LogP contribution in [0.15, 0.2) is 22.7 Å². The third-order valence-corrected chi connectivity index (χ3v) is 5.29. The van der Waals surface area contributed by atoms with E-state index in [-0.39, 0.29) is 0 Å². The zero-order valence-corrected chi connectivity index (χ0v) is 12.9. The molecule has 1 N–H and O–H groups in total. The summed E-state index contributed by atoms with van der Waals surface area (Å²) in [5.41, 5.74) is 1.27. The van der Waals surface area contributed by atoms with Crippen LogP contribution in [-0.2, 0) is 6.54 Å². The summed E-state index contributed by atoms with van der Waals surface area (Å²) < 4.78 is 0.790. The van der Waals surface area contributed by atoms with Gasteiger partial charge in [-0.15, -0.1) is 0 Å². The van der Waals surface area contributed by atoms with E-state index < -0.39 is 0 Å². The molecule has 3 rings (SSSR count). The molecule has 4 heteroatoms. The minimum absolute atomic E-state index is 0.318. The normalized spacial score (nSPS) is 28.5. The smallest absolute Gasteiger partial charge is 0.129 e. The highest BCUT2D eigenvalue weighted by Gasteiger charge is 2.34. The maximum atomic E-state index is 9.55. The lowest BCUT2D eigenvalue weighted by molar-refractivity contribution is 0.214. The van der Waals surface area contributed by atoms with E-state index >= 15 is 0 Å². The minimum Gasteiger partial charge on any atom is -0.507 e. The van der Waals surface area contributed by atoms with Crippen LogP contribution < -0.4 is 0 Å². The van der Waals surface area contributed by atoms with Crippen LogP contribution in [-0.4, -0.2) is 47.1 Å². The van der Waals surface area contributed by atoms with Gasteiger partial charge in [0.2, 0.25) is 0 Å². The summed E-state index contributed by atoms with van der Waals surface area (Å²) in [5.74, 6) is 0.318. The number of fused-ring (bicyclic) bond motifs is 2. The number of likely N-dealkylation sites (tertiary alicyclic amines) is 1. The molecule has 0 radical (unpaired) electrons. The second-order valence-corrected chi connectivity index (χ2v) is 6.71. The van der Waals surface area contributed by atoms with Crippen molar-refractivity contribution in [2.45, 2.75) is 37.9 Å². The topological polar surface area (TPSA) is 26.7 Å². The first-order valence-corrected chi connectivity index (χ1v) is 7.84. The van der Waals surface area contributed by atoms with Crippen LogP contribution in [0.3, 0.4) is 0 Å². The first kappa shape index (κ1) is 13.4. The molecule has 19 heavy (non-hydrogen) atoms. The molecule has 2 fully saturated rings. The molecule has 0 spiro atoms. The van der Waals surface area contributed by atoms with Gasteiger partial charge in [-0.05, 0) is 59.9 Å². The van der Waals surface area contributed by atoms with Gasteiger partial charge in [-0.25, -0.2) is 0 Å². The Labute approximate surface area is 123 Å². The molecule has 2 heterocycles. The second kappa shape index (κ2) is 5.43. The summed E-state index contributed by atoms with van der Waals surface area (Å²) in [4.78, 5) is 5.13. The molecule has 2 bridgehead atoms. The van der Waals surface area contributed by atoms with Gasteiger partial charge in [-0.3, -0.25) is 9.80 Å². The molecule has 2 aliphatic heterocycles. The van der Waals surface area contributed by atoms with Crippen molar-refractivity contribution >= 4 is 15.9 Å². The first-order valence-electron chi connectivity index (χ1n) is 7.05. The Bertz CT molecular complexity index is 465. The average molecular weight is 325 g/mol. The highest BCUT2D eigenvalue weighted by molar-refractivity contribution is 9.10. The van der Waals surface area contributed by atoms with Crippen LogP contribution >= 0.6 is 15.9 Å². The summed E-state index contributed by atoms with van der Waals surface area (Å²) in [5, 5.41) is 9.55. The van der Waals surface area contributed by atoms with E-state index in [0.29, 0.717) is 5.75 Å². The number of hydrogen-bond acceptors (Lipinski definition) is 3. The van der Waals surface area contributed by atoms with Crippen molar-refractivity contribution in [3.05, 3.63) is 28.2 Å². The van der Waals surface area contributed by atoms with Crippen LogP contribution in [0.25, 0.3) is 0 Å². The van der Waals surface area contributed by atoms with Crippen molar-refractivity contribution in [2.24, 2.45) is 0 Å². The molecule has 3 nitrogen and oxygen atoms in total. The number of hydrogen-bond donors (Lipinski definition) is 1. The Kier molecular flexibility index (Phi) is 3.83. The van der Waals surface area contributed by atoms with Crippen molar-refractivity contribution < 1.29 is 5.11 Å². The molecule has 0 aliphatic carbocycles. The van der Waals surface area contributed by atoms with Crippen molar-refractivity contribution in [1.29, 1.82) is 0 Å². The van der Waals surface area contributed by atoms with E-state index in [9.17, 15) is 5.11 Å². The molecule has 2 unspecified atom stereocenters. The minimum atomic E-state index is 0.318. The standard InChI is InChI=1S/C15H21BrN2O/c1-17-12-3-4-13(17)10-18(7-6-12)9-11-2-5-15(19)14(16)8-11/h2,5,8,12-13,19H,3-4,6-7,9-10H2,1H3. The fraction of sp³-hybridized carbons (Fsp3) is 0.600. The summed E-state index contributed by atoms with van der Waals surface area (Å²) >= 11 is 3.39. The molecular formula is C15H21BrN2O. The SMILES string of the molecule is CN1C2CCC1CN(Cc1ccc(O)c(Br)c1)CC2. The van der Waals surface area contributed by atoms with E-state index in [2.05, 4.69) is 32.8 Å². The second-order valence-electron chi connectivity index (χ2n) is 5.86. The highest BCUT2D eigenvalue weighted by atomic mass is 79.9. The van der Waals surface area contributed by atoms with Crippen LogP contribution in [0.2, 0.25) is 0 Å². The van der Waals surface area contributed by atoms with Gasteiger partial charge < -0.3 is 5.11 Å². The lowest BCUT2D eigenvalue weighted by atomic mass is 10.1. The van der Waals surface area contributed by atoms with Crippen molar-refractivity contribution in [3.63, 3.8) is 0 Å². The number of phenolic OH excluding ortho intramolecular Hbond substituents is 1. The summed E-state index contributed by atoms with van der Waals surface area (Å²) in [7, 11) is 2.28. The average Bonchev–Trinajstić information content (AvgIpc) is 2.62. The Morgan fingerprint density at radius 1 is 1.26 bits per heavy atom. The summed E-state index contributed by atoms with van der Waals surface area (Å²) in [6.07, 6.45) is 4.00.